The number of aromatic nitrogens is 2. The van der Waals surface area contributed by atoms with E-state index < -0.39 is 0 Å². The number of benzene rings is 7. The van der Waals surface area contributed by atoms with Crippen molar-refractivity contribution in [1.82, 2.24) is 9.55 Å². The van der Waals surface area contributed by atoms with Gasteiger partial charge in [-0.3, -0.25) is 0 Å². The van der Waals surface area contributed by atoms with Gasteiger partial charge < -0.3 is 19.1 Å². The third-order valence-electron chi connectivity index (χ3n) is 15.7. The van der Waals surface area contributed by atoms with E-state index in [9.17, 15) is 0 Å². The van der Waals surface area contributed by atoms with Crippen molar-refractivity contribution in [3.05, 3.63) is 234 Å². The van der Waals surface area contributed by atoms with Crippen molar-refractivity contribution in [3.63, 3.8) is 0 Å². The standard InChI is InChI=1S/C72H77N4O.Pt/c1-67(2,3)52-36-37-73-63(43-52)76-61-35-27-26-34-59(61)64-60(68(4,5)6)45-58(46-62(64)76)77-57-39-49(48-28-20-17-21-29-48)38-55(44-57)74-47-75(66(70(10,11)12)65(74)69(7,8)9)56-41-53(71(13,14)50-30-22-18-23-31-50)40-54(42-56)72(15,16)51-32-24-19-25-33-51;/h17-43,45,47H,1-16H3;/q-3;. The Bertz CT molecular complexity index is 3600. The van der Waals surface area contributed by atoms with Gasteiger partial charge in [0.2, 0.25) is 0 Å². The van der Waals surface area contributed by atoms with Crippen molar-refractivity contribution in [1.29, 1.82) is 0 Å². The molecule has 78 heavy (non-hydrogen) atoms. The molecule has 5 nitrogen and oxygen atoms in total. The van der Waals surface area contributed by atoms with E-state index in [-0.39, 0.29) is 53.6 Å². The average molecular weight is 1210 g/mol. The Morgan fingerprint density at radius 1 is 0.449 bits per heavy atom. The van der Waals surface area contributed by atoms with Crippen LogP contribution in [0.1, 0.15) is 144 Å². The number of hydrogen-bond donors (Lipinski definition) is 0. The summed E-state index contributed by atoms with van der Waals surface area (Å²) in [6.45, 7) is 39.3. The van der Waals surface area contributed by atoms with Gasteiger partial charge in [-0.2, -0.15) is 0 Å². The van der Waals surface area contributed by atoms with E-state index in [2.05, 4.69) is 308 Å². The Balaban J connectivity index is 0.00000740. The topological polar surface area (TPSA) is 33.5 Å². The first-order valence-electron chi connectivity index (χ1n) is 27.4. The average Bonchev–Trinajstić information content (AvgIpc) is 4.15. The molecule has 1 aliphatic heterocycles. The van der Waals surface area contributed by atoms with E-state index >= 15 is 0 Å². The summed E-state index contributed by atoms with van der Waals surface area (Å²) in [5.74, 6) is 2.07. The molecule has 0 saturated heterocycles. The van der Waals surface area contributed by atoms with E-state index in [1.807, 2.05) is 6.20 Å². The van der Waals surface area contributed by atoms with Crippen LogP contribution in [0.5, 0.6) is 11.5 Å². The van der Waals surface area contributed by atoms with E-state index in [0.29, 0.717) is 11.5 Å². The second-order valence-corrected chi connectivity index (χ2v) is 26.4. The number of nitrogens with zero attached hydrogens (tertiary/aromatic N) is 4. The van der Waals surface area contributed by atoms with Crippen molar-refractivity contribution in [2.75, 3.05) is 9.80 Å². The molecule has 10 rings (SSSR count). The normalized spacial score (nSPS) is 13.9. The van der Waals surface area contributed by atoms with Crippen molar-refractivity contribution >= 4 is 33.2 Å². The van der Waals surface area contributed by atoms with Gasteiger partial charge in [0, 0.05) is 83.0 Å². The van der Waals surface area contributed by atoms with E-state index in [1.165, 1.54) is 44.8 Å². The third-order valence-corrected chi connectivity index (χ3v) is 15.7. The Labute approximate surface area is 480 Å². The maximum Gasteiger partial charge on any atom is 0.135 e. The van der Waals surface area contributed by atoms with Crippen molar-refractivity contribution in [3.8, 4) is 28.4 Å². The van der Waals surface area contributed by atoms with Crippen LogP contribution < -0.4 is 14.5 Å². The number of ether oxygens (including phenoxy) is 1. The number of hydrogen-bond acceptors (Lipinski definition) is 4. The fourth-order valence-electron chi connectivity index (χ4n) is 11.3. The second-order valence-electron chi connectivity index (χ2n) is 26.4. The summed E-state index contributed by atoms with van der Waals surface area (Å²) in [7, 11) is 0. The first-order valence-corrected chi connectivity index (χ1v) is 27.4. The molecule has 6 heteroatoms. The molecular weight excluding hydrogens is 1130 g/mol. The van der Waals surface area contributed by atoms with Crippen LogP contribution in [0.15, 0.2) is 181 Å². The quantitative estimate of drug-likeness (QED) is 0.128. The molecular formula is C72H77N4OPt-3. The molecule has 0 atom stereocenters. The van der Waals surface area contributed by atoms with Crippen LogP contribution >= 0.6 is 0 Å². The van der Waals surface area contributed by atoms with Gasteiger partial charge in [0.15, 0.2) is 0 Å². The summed E-state index contributed by atoms with van der Waals surface area (Å²) in [6.07, 6.45) is 1.93. The summed E-state index contributed by atoms with van der Waals surface area (Å²) >= 11 is 0. The van der Waals surface area contributed by atoms with Gasteiger partial charge in [-0.1, -0.05) is 237 Å². The van der Waals surface area contributed by atoms with Gasteiger partial charge in [-0.25, -0.2) is 4.98 Å². The van der Waals surface area contributed by atoms with Crippen molar-refractivity contribution < 1.29 is 25.8 Å². The molecule has 0 fully saturated rings. The Kier molecular flexibility index (Phi) is 14.7. The van der Waals surface area contributed by atoms with E-state index in [1.54, 1.807) is 0 Å². The minimum absolute atomic E-state index is 0. The van der Waals surface area contributed by atoms with E-state index in [0.717, 1.165) is 50.1 Å². The van der Waals surface area contributed by atoms with Gasteiger partial charge in [0.25, 0.3) is 0 Å². The first kappa shape index (κ1) is 56.1. The van der Waals surface area contributed by atoms with E-state index in [4.69, 9.17) is 9.72 Å². The van der Waals surface area contributed by atoms with Crippen LogP contribution in [0.4, 0.5) is 11.4 Å². The molecule has 7 aromatic carbocycles. The summed E-state index contributed by atoms with van der Waals surface area (Å²) < 4.78 is 9.52. The Hall–Kier alpha value is -6.68. The number of para-hydroxylation sites is 1. The monoisotopic (exact) mass is 1210 g/mol. The molecule has 404 valence electrons. The van der Waals surface area contributed by atoms with Crippen molar-refractivity contribution in [2.24, 2.45) is 10.8 Å². The smallest absolute Gasteiger partial charge is 0.135 e. The second kappa shape index (κ2) is 20.5. The van der Waals surface area contributed by atoms with Crippen molar-refractivity contribution in [2.45, 2.75) is 132 Å². The van der Waals surface area contributed by atoms with Crippen LogP contribution in [-0.4, -0.2) is 9.55 Å². The zero-order chi connectivity index (χ0) is 55.0. The maximum atomic E-state index is 7.25. The molecule has 1 aliphatic rings. The van der Waals surface area contributed by atoms with Gasteiger partial charge in [0.1, 0.15) is 5.82 Å². The third kappa shape index (κ3) is 10.6. The zero-order valence-corrected chi connectivity index (χ0v) is 51.0. The predicted octanol–water partition coefficient (Wildman–Crippen LogP) is 19.2. The number of fused-ring (bicyclic) bond motifs is 3. The van der Waals surface area contributed by atoms with Gasteiger partial charge in [0.05, 0.1) is 0 Å². The molecule has 2 aromatic heterocycles. The SMILES string of the molecule is CC(C)(C)C1=C(C(C)(C)C)N(c2cc(C(C)(C)c3ccccc3)cc(C(C)(C)c3ccccc3)c2)[CH-]N1c1[c-]c(Oc2[c-]c3c(c(C(C)(C)C)c2)c2ccccc2n3-c2cc(C(C)(C)C)ccn2)cc(-c2ccccc2)c1.[Pt]. The minimum Gasteiger partial charge on any atom is -0.509 e. The maximum absolute atomic E-state index is 7.25. The summed E-state index contributed by atoms with van der Waals surface area (Å²) in [5.41, 5.74) is 14.5. The summed E-state index contributed by atoms with van der Waals surface area (Å²) in [6, 6.07) is 67.1. The van der Waals surface area contributed by atoms with Gasteiger partial charge >= 0.3 is 0 Å². The predicted molar refractivity (Wildman–Crippen MR) is 324 cm³/mol. The van der Waals surface area contributed by atoms with Crippen LogP contribution in [0, 0.1) is 29.6 Å². The summed E-state index contributed by atoms with van der Waals surface area (Å²) in [4.78, 5) is 9.88. The molecule has 0 spiro atoms. The molecule has 0 aliphatic carbocycles. The molecule has 0 radical (unpaired) electrons. The fraction of sp³-hybridized carbons (Fsp3) is 0.306. The van der Waals surface area contributed by atoms with Crippen LogP contribution in [0.2, 0.25) is 0 Å². The molecule has 9 aromatic rings. The number of pyridine rings is 1. The first-order chi connectivity index (χ1) is 36.2. The zero-order valence-electron chi connectivity index (χ0n) is 48.8. The van der Waals surface area contributed by atoms with Crippen LogP contribution in [0.25, 0.3) is 38.8 Å². The largest absolute Gasteiger partial charge is 0.509 e. The molecule has 0 amide bonds. The molecule has 0 bridgehead atoms. The van der Waals surface area contributed by atoms with Gasteiger partial charge in [-0.15, -0.1) is 53.8 Å². The Morgan fingerprint density at radius 2 is 0.974 bits per heavy atom. The van der Waals surface area contributed by atoms with Crippen LogP contribution in [0.3, 0.4) is 0 Å². The number of allylic oxidation sites excluding steroid dienone is 2. The minimum atomic E-state index is -0.301. The summed E-state index contributed by atoms with van der Waals surface area (Å²) in [5, 5.41) is 2.31. The number of rotatable bonds is 10. The Morgan fingerprint density at radius 3 is 1.53 bits per heavy atom. The van der Waals surface area contributed by atoms with Crippen LogP contribution in [-0.2, 0) is 42.7 Å². The molecule has 0 N–H and O–H groups in total. The van der Waals surface area contributed by atoms with Gasteiger partial charge in [-0.05, 0) is 79.9 Å². The number of anilines is 2. The molecule has 3 heterocycles. The fourth-order valence-corrected chi connectivity index (χ4v) is 11.3. The molecule has 0 saturated carbocycles. The molecule has 0 unspecified atom stereocenters.